The van der Waals surface area contributed by atoms with Crippen LogP contribution in [0.1, 0.15) is 37.3 Å². The minimum absolute atomic E-state index is 0.212. The van der Waals surface area contributed by atoms with E-state index >= 15 is 0 Å². The third-order valence-corrected chi connectivity index (χ3v) is 3.42. The van der Waals surface area contributed by atoms with Gasteiger partial charge in [0.15, 0.2) is 0 Å². The van der Waals surface area contributed by atoms with Crippen LogP contribution in [-0.4, -0.2) is 24.5 Å². The predicted molar refractivity (Wildman–Crippen MR) is 68.3 cm³/mol. The number of benzene rings is 1. The first-order valence-electron chi connectivity index (χ1n) is 6.39. The van der Waals surface area contributed by atoms with Gasteiger partial charge in [0.1, 0.15) is 0 Å². The van der Waals surface area contributed by atoms with E-state index in [-0.39, 0.29) is 6.04 Å². The Morgan fingerprint density at radius 2 is 1.81 bits per heavy atom. The molecule has 2 N–H and O–H groups in total. The number of rotatable bonds is 5. The molecule has 1 aromatic carbocycles. The fraction of sp³-hybridized carbons (Fsp3) is 0.571. The van der Waals surface area contributed by atoms with E-state index in [0.29, 0.717) is 0 Å². The van der Waals surface area contributed by atoms with Crippen molar-refractivity contribution < 1.29 is 0 Å². The maximum atomic E-state index is 6.16. The molecule has 16 heavy (non-hydrogen) atoms. The molecule has 1 heterocycles. The van der Waals surface area contributed by atoms with Crippen molar-refractivity contribution in [2.75, 3.05) is 19.6 Å². The lowest BCUT2D eigenvalue weighted by Gasteiger charge is -2.16. The molecule has 0 radical (unpaired) electrons. The summed E-state index contributed by atoms with van der Waals surface area (Å²) in [5.74, 6) is 0. The van der Waals surface area contributed by atoms with Crippen LogP contribution < -0.4 is 5.73 Å². The molecule has 2 nitrogen and oxygen atoms in total. The highest BCUT2D eigenvalue weighted by Crippen LogP contribution is 2.16. The SMILES string of the molecule is NC(CCCN1CCCC1)c1ccccc1. The van der Waals surface area contributed by atoms with Gasteiger partial charge in [-0.25, -0.2) is 0 Å². The first kappa shape index (κ1) is 11.6. The van der Waals surface area contributed by atoms with E-state index in [1.807, 2.05) is 6.07 Å². The lowest BCUT2D eigenvalue weighted by Crippen LogP contribution is -2.21. The van der Waals surface area contributed by atoms with Crippen LogP contribution in [0.5, 0.6) is 0 Å². The first-order chi connectivity index (χ1) is 7.86. The van der Waals surface area contributed by atoms with E-state index in [2.05, 4.69) is 29.2 Å². The van der Waals surface area contributed by atoms with Gasteiger partial charge >= 0.3 is 0 Å². The minimum atomic E-state index is 0.212. The lowest BCUT2D eigenvalue weighted by molar-refractivity contribution is 0.325. The van der Waals surface area contributed by atoms with Gasteiger partial charge in [-0.2, -0.15) is 0 Å². The van der Waals surface area contributed by atoms with E-state index in [9.17, 15) is 0 Å². The van der Waals surface area contributed by atoms with Gasteiger partial charge in [0, 0.05) is 6.04 Å². The van der Waals surface area contributed by atoms with Gasteiger partial charge < -0.3 is 10.6 Å². The Bertz CT molecular complexity index is 291. The number of nitrogens with zero attached hydrogens (tertiary/aromatic N) is 1. The molecule has 0 spiro atoms. The molecule has 2 heteroatoms. The van der Waals surface area contributed by atoms with Crippen LogP contribution in [0.3, 0.4) is 0 Å². The van der Waals surface area contributed by atoms with Crippen LogP contribution in [0, 0.1) is 0 Å². The second-order valence-corrected chi connectivity index (χ2v) is 4.71. The Morgan fingerprint density at radius 1 is 1.12 bits per heavy atom. The van der Waals surface area contributed by atoms with Crippen molar-refractivity contribution in [3.8, 4) is 0 Å². The maximum Gasteiger partial charge on any atom is 0.0295 e. The van der Waals surface area contributed by atoms with Gasteiger partial charge in [-0.15, -0.1) is 0 Å². The summed E-state index contributed by atoms with van der Waals surface area (Å²) in [6.07, 6.45) is 5.08. The Hall–Kier alpha value is -0.860. The second-order valence-electron chi connectivity index (χ2n) is 4.71. The Kier molecular flexibility index (Phi) is 4.37. The largest absolute Gasteiger partial charge is 0.324 e. The summed E-state index contributed by atoms with van der Waals surface area (Å²) in [6.45, 7) is 3.81. The van der Waals surface area contributed by atoms with Gasteiger partial charge in [0.05, 0.1) is 0 Å². The Morgan fingerprint density at radius 3 is 2.50 bits per heavy atom. The summed E-state index contributed by atoms with van der Waals surface area (Å²) in [5, 5.41) is 0. The third kappa shape index (κ3) is 3.32. The molecule has 1 aromatic rings. The molecule has 0 amide bonds. The summed E-state index contributed by atoms with van der Waals surface area (Å²) in [6, 6.07) is 10.6. The highest BCUT2D eigenvalue weighted by molar-refractivity contribution is 5.18. The molecule has 1 aliphatic rings. The fourth-order valence-corrected chi connectivity index (χ4v) is 2.41. The van der Waals surface area contributed by atoms with Crippen LogP contribution in [-0.2, 0) is 0 Å². The minimum Gasteiger partial charge on any atom is -0.324 e. The average molecular weight is 218 g/mol. The van der Waals surface area contributed by atoms with Gasteiger partial charge in [-0.3, -0.25) is 0 Å². The van der Waals surface area contributed by atoms with E-state index in [1.165, 1.54) is 44.5 Å². The zero-order chi connectivity index (χ0) is 11.2. The summed E-state index contributed by atoms with van der Waals surface area (Å²) in [5.41, 5.74) is 7.43. The van der Waals surface area contributed by atoms with E-state index in [1.54, 1.807) is 0 Å². The fourth-order valence-electron chi connectivity index (χ4n) is 2.41. The summed E-state index contributed by atoms with van der Waals surface area (Å²) < 4.78 is 0. The molecule has 1 aliphatic heterocycles. The molecule has 2 rings (SSSR count). The van der Waals surface area contributed by atoms with E-state index in [0.717, 1.165) is 6.42 Å². The topological polar surface area (TPSA) is 29.3 Å². The number of hydrogen-bond donors (Lipinski definition) is 1. The van der Waals surface area contributed by atoms with Crippen molar-refractivity contribution in [3.05, 3.63) is 35.9 Å². The Labute approximate surface area is 98.4 Å². The van der Waals surface area contributed by atoms with Gasteiger partial charge in [-0.1, -0.05) is 30.3 Å². The zero-order valence-corrected chi connectivity index (χ0v) is 9.94. The van der Waals surface area contributed by atoms with Gasteiger partial charge in [-0.05, 0) is 50.9 Å². The standard InChI is InChI=1S/C14H22N2/c15-14(13-7-2-1-3-8-13)9-6-12-16-10-4-5-11-16/h1-3,7-8,14H,4-6,9-12,15H2. The first-order valence-corrected chi connectivity index (χ1v) is 6.39. The van der Waals surface area contributed by atoms with Crippen molar-refractivity contribution >= 4 is 0 Å². The van der Waals surface area contributed by atoms with Crippen molar-refractivity contribution in [2.45, 2.75) is 31.7 Å². The van der Waals surface area contributed by atoms with Crippen molar-refractivity contribution in [1.82, 2.24) is 4.90 Å². The monoisotopic (exact) mass is 218 g/mol. The number of likely N-dealkylation sites (tertiary alicyclic amines) is 1. The maximum absolute atomic E-state index is 6.16. The van der Waals surface area contributed by atoms with Crippen LogP contribution >= 0.6 is 0 Å². The molecule has 1 unspecified atom stereocenters. The van der Waals surface area contributed by atoms with Crippen LogP contribution in [0.25, 0.3) is 0 Å². The molecule has 0 aliphatic carbocycles. The molecule has 0 saturated carbocycles. The Balaban J connectivity index is 1.69. The van der Waals surface area contributed by atoms with Crippen LogP contribution in [0.4, 0.5) is 0 Å². The molecule has 88 valence electrons. The van der Waals surface area contributed by atoms with Crippen molar-refractivity contribution in [2.24, 2.45) is 5.73 Å². The summed E-state index contributed by atoms with van der Waals surface area (Å²) >= 11 is 0. The lowest BCUT2D eigenvalue weighted by atomic mass is 10.0. The smallest absolute Gasteiger partial charge is 0.0295 e. The highest BCUT2D eigenvalue weighted by Gasteiger charge is 2.11. The molecule has 1 saturated heterocycles. The average Bonchev–Trinajstić information content (AvgIpc) is 2.83. The molecule has 1 atom stereocenters. The van der Waals surface area contributed by atoms with Crippen LogP contribution in [0.15, 0.2) is 30.3 Å². The van der Waals surface area contributed by atoms with Crippen LogP contribution in [0.2, 0.25) is 0 Å². The van der Waals surface area contributed by atoms with E-state index in [4.69, 9.17) is 5.73 Å². The van der Waals surface area contributed by atoms with Gasteiger partial charge in [0.2, 0.25) is 0 Å². The summed E-state index contributed by atoms with van der Waals surface area (Å²) in [4.78, 5) is 2.55. The number of hydrogen-bond acceptors (Lipinski definition) is 2. The second kappa shape index (κ2) is 6.02. The third-order valence-electron chi connectivity index (χ3n) is 3.42. The normalized spacial score (nSPS) is 18.8. The highest BCUT2D eigenvalue weighted by atomic mass is 15.1. The molecular weight excluding hydrogens is 196 g/mol. The quantitative estimate of drug-likeness (QED) is 0.823. The predicted octanol–water partition coefficient (Wildman–Crippen LogP) is 2.56. The molecule has 0 bridgehead atoms. The van der Waals surface area contributed by atoms with Gasteiger partial charge in [0.25, 0.3) is 0 Å². The van der Waals surface area contributed by atoms with E-state index < -0.39 is 0 Å². The molecule has 1 fully saturated rings. The molecule has 0 aromatic heterocycles. The zero-order valence-electron chi connectivity index (χ0n) is 9.94. The molecular formula is C14H22N2. The van der Waals surface area contributed by atoms with Crippen molar-refractivity contribution in [3.63, 3.8) is 0 Å². The van der Waals surface area contributed by atoms with Crippen molar-refractivity contribution in [1.29, 1.82) is 0 Å². The number of nitrogens with two attached hydrogens (primary N) is 1. The summed E-state index contributed by atoms with van der Waals surface area (Å²) in [7, 11) is 0.